The van der Waals surface area contributed by atoms with E-state index in [1.54, 1.807) is 30.5 Å². The number of benzene rings is 1. The number of pyridine rings is 1. The predicted octanol–water partition coefficient (Wildman–Crippen LogP) is 3.66. The second-order valence-electron chi connectivity index (χ2n) is 5.43. The summed E-state index contributed by atoms with van der Waals surface area (Å²) in [5.74, 6) is -0.265. The van der Waals surface area contributed by atoms with Gasteiger partial charge in [-0.3, -0.25) is 9.78 Å². The summed E-state index contributed by atoms with van der Waals surface area (Å²) in [6, 6.07) is 9.60. The molecule has 110 valence electrons. The van der Waals surface area contributed by atoms with Crippen LogP contribution in [-0.2, 0) is 0 Å². The number of carbonyl (C=O) groups excluding carboxylic acids is 1. The van der Waals surface area contributed by atoms with E-state index in [0.717, 1.165) is 11.3 Å². The van der Waals surface area contributed by atoms with E-state index < -0.39 is 0 Å². The van der Waals surface area contributed by atoms with Crippen molar-refractivity contribution in [1.82, 2.24) is 10.3 Å². The second-order valence-corrected chi connectivity index (χ2v) is 5.43. The zero-order valence-corrected chi connectivity index (χ0v) is 12.4. The van der Waals surface area contributed by atoms with Gasteiger partial charge in [0.15, 0.2) is 0 Å². The normalized spacial score (nSPS) is 12.2. The third-order valence-electron chi connectivity index (χ3n) is 3.36. The summed E-state index contributed by atoms with van der Waals surface area (Å²) < 4.78 is 13.0. The van der Waals surface area contributed by atoms with E-state index in [9.17, 15) is 9.18 Å². The highest BCUT2D eigenvalue weighted by molar-refractivity contribution is 5.94. The number of hydrogen-bond acceptors (Lipinski definition) is 2. The molecule has 0 radical (unpaired) electrons. The van der Waals surface area contributed by atoms with Crippen LogP contribution in [0.3, 0.4) is 0 Å². The molecule has 1 amide bonds. The first-order valence-corrected chi connectivity index (χ1v) is 6.96. The molecular formula is C17H19FN2O. The predicted molar refractivity (Wildman–Crippen MR) is 80.4 cm³/mol. The molecule has 0 aliphatic carbocycles. The van der Waals surface area contributed by atoms with Crippen LogP contribution in [0.15, 0.2) is 42.6 Å². The molecule has 1 N–H and O–H groups in total. The maximum absolute atomic E-state index is 13.0. The number of nitrogens with zero attached hydrogens (tertiary/aromatic N) is 1. The summed E-state index contributed by atoms with van der Waals surface area (Å²) in [6.45, 7) is 5.90. The Bertz CT molecular complexity index is 606. The number of nitrogens with one attached hydrogen (secondary N) is 1. The Hall–Kier alpha value is -2.23. The van der Waals surface area contributed by atoms with Gasteiger partial charge in [0.25, 0.3) is 5.91 Å². The van der Waals surface area contributed by atoms with Gasteiger partial charge in [-0.25, -0.2) is 4.39 Å². The molecule has 2 rings (SSSR count). The van der Waals surface area contributed by atoms with Crippen LogP contribution < -0.4 is 5.32 Å². The van der Waals surface area contributed by atoms with Crippen molar-refractivity contribution < 1.29 is 9.18 Å². The molecule has 0 saturated carbocycles. The maximum atomic E-state index is 13.0. The van der Waals surface area contributed by atoms with E-state index in [1.807, 2.05) is 20.8 Å². The summed E-state index contributed by atoms with van der Waals surface area (Å²) in [6.07, 6.45) is 1.56. The fourth-order valence-corrected chi connectivity index (χ4v) is 2.13. The topological polar surface area (TPSA) is 42.0 Å². The van der Waals surface area contributed by atoms with Crippen LogP contribution in [0, 0.1) is 18.7 Å². The van der Waals surface area contributed by atoms with Crippen LogP contribution in [0.25, 0.3) is 0 Å². The molecule has 4 heteroatoms. The monoisotopic (exact) mass is 286 g/mol. The Morgan fingerprint density at radius 3 is 2.33 bits per heavy atom. The third-order valence-corrected chi connectivity index (χ3v) is 3.36. The second kappa shape index (κ2) is 6.48. The third kappa shape index (κ3) is 3.88. The number of halogens is 1. The van der Waals surface area contributed by atoms with Crippen LogP contribution in [0.4, 0.5) is 4.39 Å². The van der Waals surface area contributed by atoms with Gasteiger partial charge in [-0.05, 0) is 42.7 Å². The fraction of sp³-hybridized carbons (Fsp3) is 0.294. The zero-order valence-electron chi connectivity index (χ0n) is 12.4. The number of carbonyl (C=O) groups is 1. The number of hydrogen-bond donors (Lipinski definition) is 1. The highest BCUT2D eigenvalue weighted by atomic mass is 19.1. The van der Waals surface area contributed by atoms with E-state index in [2.05, 4.69) is 10.3 Å². The molecule has 0 unspecified atom stereocenters. The minimum Gasteiger partial charge on any atom is -0.345 e. The van der Waals surface area contributed by atoms with Gasteiger partial charge in [0.05, 0.1) is 11.6 Å². The van der Waals surface area contributed by atoms with E-state index >= 15 is 0 Å². The largest absolute Gasteiger partial charge is 0.345 e. The van der Waals surface area contributed by atoms with Gasteiger partial charge in [-0.1, -0.05) is 26.0 Å². The van der Waals surface area contributed by atoms with Crippen molar-refractivity contribution in [1.29, 1.82) is 0 Å². The summed E-state index contributed by atoms with van der Waals surface area (Å²) >= 11 is 0. The summed E-state index contributed by atoms with van der Waals surface area (Å²) in [4.78, 5) is 16.4. The molecule has 1 heterocycles. The van der Waals surface area contributed by atoms with Crippen molar-refractivity contribution in [2.24, 2.45) is 5.92 Å². The number of rotatable bonds is 4. The van der Waals surface area contributed by atoms with E-state index in [4.69, 9.17) is 0 Å². The minimum absolute atomic E-state index is 0.167. The molecule has 0 saturated heterocycles. The maximum Gasteiger partial charge on any atom is 0.253 e. The zero-order chi connectivity index (χ0) is 15.4. The average Bonchev–Trinajstić information content (AvgIpc) is 2.46. The van der Waals surface area contributed by atoms with Crippen molar-refractivity contribution >= 4 is 5.91 Å². The molecule has 0 aliphatic rings. The fourth-order valence-electron chi connectivity index (χ4n) is 2.13. The first-order valence-electron chi connectivity index (χ1n) is 6.96. The van der Waals surface area contributed by atoms with Crippen molar-refractivity contribution in [2.45, 2.75) is 26.8 Å². The van der Waals surface area contributed by atoms with Crippen molar-refractivity contribution in [3.63, 3.8) is 0 Å². The molecular weight excluding hydrogens is 267 g/mol. The summed E-state index contributed by atoms with van der Waals surface area (Å²) in [5.41, 5.74) is 2.28. The van der Waals surface area contributed by atoms with Crippen LogP contribution >= 0.6 is 0 Å². The number of aromatic nitrogens is 1. The molecule has 1 aromatic carbocycles. The highest BCUT2D eigenvalue weighted by Gasteiger charge is 2.19. The minimum atomic E-state index is -0.282. The van der Waals surface area contributed by atoms with Crippen molar-refractivity contribution in [3.8, 4) is 0 Å². The van der Waals surface area contributed by atoms with Crippen LogP contribution in [-0.4, -0.2) is 10.9 Å². The van der Waals surface area contributed by atoms with E-state index in [1.165, 1.54) is 12.1 Å². The molecule has 21 heavy (non-hydrogen) atoms. The molecule has 0 spiro atoms. The Morgan fingerprint density at radius 2 is 1.81 bits per heavy atom. The van der Waals surface area contributed by atoms with E-state index in [0.29, 0.717) is 5.56 Å². The Labute approximate surface area is 124 Å². The van der Waals surface area contributed by atoms with Gasteiger partial charge in [0, 0.05) is 11.9 Å². The Morgan fingerprint density at radius 1 is 1.14 bits per heavy atom. The summed E-state index contributed by atoms with van der Waals surface area (Å²) in [7, 11) is 0. The van der Waals surface area contributed by atoms with Crippen LogP contribution in [0.1, 0.15) is 41.5 Å². The van der Waals surface area contributed by atoms with Gasteiger partial charge >= 0.3 is 0 Å². The Balaban J connectivity index is 2.18. The lowest BCUT2D eigenvalue weighted by Crippen LogP contribution is -2.31. The lowest BCUT2D eigenvalue weighted by atomic mass is 9.95. The van der Waals surface area contributed by atoms with Gasteiger partial charge in [-0.2, -0.15) is 0 Å². The molecule has 0 aliphatic heterocycles. The number of aryl methyl sites for hydroxylation is 1. The van der Waals surface area contributed by atoms with Crippen LogP contribution in [0.5, 0.6) is 0 Å². The molecule has 0 bridgehead atoms. The SMILES string of the molecule is Cc1ccc(C(=O)N[C@@H](c2ccc(F)cc2)C(C)C)cn1. The standard InChI is InChI=1S/C17H19FN2O/c1-11(2)16(13-6-8-15(18)9-7-13)20-17(21)14-5-4-12(3)19-10-14/h4-11,16H,1-3H3,(H,20,21)/t16-/m1/s1. The molecule has 1 atom stereocenters. The van der Waals surface area contributed by atoms with Gasteiger partial charge in [-0.15, -0.1) is 0 Å². The number of amides is 1. The van der Waals surface area contributed by atoms with Crippen molar-refractivity contribution in [2.75, 3.05) is 0 Å². The average molecular weight is 286 g/mol. The molecule has 1 aromatic heterocycles. The molecule has 2 aromatic rings. The van der Waals surface area contributed by atoms with Crippen LogP contribution in [0.2, 0.25) is 0 Å². The van der Waals surface area contributed by atoms with Gasteiger partial charge < -0.3 is 5.32 Å². The smallest absolute Gasteiger partial charge is 0.253 e. The molecule has 0 fully saturated rings. The summed E-state index contributed by atoms with van der Waals surface area (Å²) in [5, 5.41) is 2.99. The quantitative estimate of drug-likeness (QED) is 0.932. The first kappa shape index (κ1) is 15.2. The molecule has 3 nitrogen and oxygen atoms in total. The first-order chi connectivity index (χ1) is 9.97. The lowest BCUT2D eigenvalue weighted by Gasteiger charge is -2.23. The highest BCUT2D eigenvalue weighted by Crippen LogP contribution is 2.22. The van der Waals surface area contributed by atoms with Gasteiger partial charge in [0.2, 0.25) is 0 Å². The van der Waals surface area contributed by atoms with Crippen molar-refractivity contribution in [3.05, 3.63) is 65.2 Å². The lowest BCUT2D eigenvalue weighted by molar-refractivity contribution is 0.0925. The van der Waals surface area contributed by atoms with Gasteiger partial charge in [0.1, 0.15) is 5.82 Å². The van der Waals surface area contributed by atoms with E-state index in [-0.39, 0.29) is 23.7 Å². The Kier molecular flexibility index (Phi) is 4.68.